The SMILES string of the molecule is CCOC(=O)c1c(C)[nH]c(C(=O)NC(C)c2ccco2)c1C. The van der Waals surface area contributed by atoms with Crippen molar-refractivity contribution in [3.05, 3.63) is 46.7 Å². The summed E-state index contributed by atoms with van der Waals surface area (Å²) in [6.07, 6.45) is 1.56. The van der Waals surface area contributed by atoms with Gasteiger partial charge in [-0.3, -0.25) is 4.79 Å². The van der Waals surface area contributed by atoms with Gasteiger partial charge in [0.15, 0.2) is 0 Å². The van der Waals surface area contributed by atoms with Crippen molar-refractivity contribution in [3.8, 4) is 0 Å². The molecule has 2 N–H and O–H groups in total. The van der Waals surface area contributed by atoms with E-state index in [0.29, 0.717) is 34.9 Å². The molecule has 0 saturated heterocycles. The largest absolute Gasteiger partial charge is 0.467 e. The number of rotatable bonds is 5. The molecule has 2 heterocycles. The van der Waals surface area contributed by atoms with Crippen LogP contribution in [0.15, 0.2) is 22.8 Å². The summed E-state index contributed by atoms with van der Waals surface area (Å²) in [5, 5.41) is 2.83. The Morgan fingerprint density at radius 1 is 1.41 bits per heavy atom. The molecule has 6 heteroatoms. The zero-order chi connectivity index (χ0) is 16.3. The Morgan fingerprint density at radius 3 is 2.73 bits per heavy atom. The average molecular weight is 304 g/mol. The van der Waals surface area contributed by atoms with E-state index in [1.54, 1.807) is 39.2 Å². The van der Waals surface area contributed by atoms with Crippen LogP contribution in [0.5, 0.6) is 0 Å². The highest BCUT2D eigenvalue weighted by Gasteiger charge is 2.24. The number of ether oxygens (including phenoxy) is 1. The minimum absolute atomic E-state index is 0.267. The van der Waals surface area contributed by atoms with Gasteiger partial charge in [-0.25, -0.2) is 4.79 Å². The van der Waals surface area contributed by atoms with Crippen LogP contribution in [0.3, 0.4) is 0 Å². The van der Waals surface area contributed by atoms with Crippen LogP contribution in [-0.2, 0) is 4.74 Å². The van der Waals surface area contributed by atoms with E-state index in [-0.39, 0.29) is 11.9 Å². The molecule has 0 radical (unpaired) electrons. The van der Waals surface area contributed by atoms with E-state index in [9.17, 15) is 9.59 Å². The number of amides is 1. The molecule has 0 saturated carbocycles. The molecule has 2 aromatic rings. The number of aromatic nitrogens is 1. The number of carbonyl (C=O) groups excluding carboxylic acids is 2. The van der Waals surface area contributed by atoms with Gasteiger partial charge < -0.3 is 19.5 Å². The van der Waals surface area contributed by atoms with Crippen LogP contribution in [0.1, 0.15) is 57.8 Å². The van der Waals surface area contributed by atoms with Crippen LogP contribution in [0, 0.1) is 13.8 Å². The zero-order valence-electron chi connectivity index (χ0n) is 13.1. The van der Waals surface area contributed by atoms with Gasteiger partial charge in [0.05, 0.1) is 24.5 Å². The molecule has 118 valence electrons. The fourth-order valence-electron chi connectivity index (χ4n) is 2.36. The number of aromatic amines is 1. The van der Waals surface area contributed by atoms with E-state index in [4.69, 9.17) is 9.15 Å². The van der Waals surface area contributed by atoms with Crippen molar-refractivity contribution in [1.82, 2.24) is 10.3 Å². The van der Waals surface area contributed by atoms with Crippen molar-refractivity contribution in [2.75, 3.05) is 6.61 Å². The molecule has 0 aliphatic carbocycles. The summed E-state index contributed by atoms with van der Waals surface area (Å²) < 4.78 is 10.3. The molecule has 0 bridgehead atoms. The monoisotopic (exact) mass is 304 g/mol. The summed E-state index contributed by atoms with van der Waals surface area (Å²) in [5.74, 6) is -0.0492. The fourth-order valence-corrected chi connectivity index (χ4v) is 2.36. The van der Waals surface area contributed by atoms with E-state index >= 15 is 0 Å². The van der Waals surface area contributed by atoms with Crippen molar-refractivity contribution in [2.24, 2.45) is 0 Å². The van der Waals surface area contributed by atoms with Crippen molar-refractivity contribution >= 4 is 11.9 Å². The molecule has 2 rings (SSSR count). The molecule has 1 unspecified atom stereocenters. The normalized spacial score (nSPS) is 12.0. The van der Waals surface area contributed by atoms with Crippen molar-refractivity contribution in [2.45, 2.75) is 33.7 Å². The molecule has 6 nitrogen and oxygen atoms in total. The topological polar surface area (TPSA) is 84.3 Å². The number of H-pyrrole nitrogens is 1. The molecule has 22 heavy (non-hydrogen) atoms. The Balaban J connectivity index is 2.20. The summed E-state index contributed by atoms with van der Waals surface area (Å²) >= 11 is 0. The Hall–Kier alpha value is -2.50. The highest BCUT2D eigenvalue weighted by Crippen LogP contribution is 2.20. The molecule has 0 aliphatic heterocycles. The molecular weight excluding hydrogens is 284 g/mol. The van der Waals surface area contributed by atoms with Gasteiger partial charge in [-0.2, -0.15) is 0 Å². The maximum atomic E-state index is 12.4. The fraction of sp³-hybridized carbons (Fsp3) is 0.375. The molecule has 0 spiro atoms. The van der Waals surface area contributed by atoms with Crippen LogP contribution >= 0.6 is 0 Å². The summed E-state index contributed by atoms with van der Waals surface area (Å²) in [4.78, 5) is 27.3. The van der Waals surface area contributed by atoms with Gasteiger partial charge in [-0.1, -0.05) is 0 Å². The van der Waals surface area contributed by atoms with Gasteiger partial charge in [0.1, 0.15) is 11.5 Å². The van der Waals surface area contributed by atoms with Crippen molar-refractivity contribution in [3.63, 3.8) is 0 Å². The van der Waals surface area contributed by atoms with Gasteiger partial charge in [-0.15, -0.1) is 0 Å². The van der Waals surface area contributed by atoms with E-state index in [1.807, 2.05) is 6.92 Å². The van der Waals surface area contributed by atoms with Gasteiger partial charge in [-0.05, 0) is 45.4 Å². The number of aryl methyl sites for hydroxylation is 1. The lowest BCUT2D eigenvalue weighted by molar-refractivity contribution is 0.0525. The van der Waals surface area contributed by atoms with E-state index in [1.165, 1.54) is 0 Å². The van der Waals surface area contributed by atoms with Crippen LogP contribution in [0.4, 0.5) is 0 Å². The highest BCUT2D eigenvalue weighted by atomic mass is 16.5. The third kappa shape index (κ3) is 3.05. The lowest BCUT2D eigenvalue weighted by Crippen LogP contribution is -2.27. The first-order chi connectivity index (χ1) is 10.5. The molecule has 1 amide bonds. The van der Waals surface area contributed by atoms with Crippen molar-refractivity contribution < 1.29 is 18.7 Å². The number of esters is 1. The summed E-state index contributed by atoms with van der Waals surface area (Å²) in [6, 6.07) is 3.29. The summed E-state index contributed by atoms with van der Waals surface area (Å²) in [6.45, 7) is 7.33. The molecular formula is C16H20N2O4. The van der Waals surface area contributed by atoms with E-state index in [2.05, 4.69) is 10.3 Å². The second-order valence-electron chi connectivity index (χ2n) is 5.06. The Bertz CT molecular complexity index is 671. The van der Waals surface area contributed by atoms with Crippen molar-refractivity contribution in [1.29, 1.82) is 0 Å². The number of carbonyl (C=O) groups is 2. The van der Waals surface area contributed by atoms with Crippen LogP contribution in [0.2, 0.25) is 0 Å². The quantitative estimate of drug-likeness (QED) is 0.832. The number of furan rings is 1. The van der Waals surface area contributed by atoms with Gasteiger partial charge in [0.2, 0.25) is 0 Å². The maximum Gasteiger partial charge on any atom is 0.340 e. The van der Waals surface area contributed by atoms with Gasteiger partial charge >= 0.3 is 5.97 Å². The molecule has 2 aromatic heterocycles. The smallest absolute Gasteiger partial charge is 0.340 e. The van der Waals surface area contributed by atoms with Crippen LogP contribution in [0.25, 0.3) is 0 Å². The molecule has 0 fully saturated rings. The Labute approximate surface area is 128 Å². The van der Waals surface area contributed by atoms with Gasteiger partial charge in [0.25, 0.3) is 5.91 Å². The Morgan fingerprint density at radius 2 is 2.14 bits per heavy atom. The van der Waals surface area contributed by atoms with Gasteiger partial charge in [0, 0.05) is 5.69 Å². The number of hydrogen-bond acceptors (Lipinski definition) is 4. The second kappa shape index (κ2) is 6.51. The number of hydrogen-bond donors (Lipinski definition) is 2. The second-order valence-corrected chi connectivity index (χ2v) is 5.06. The number of nitrogens with one attached hydrogen (secondary N) is 2. The summed E-state index contributed by atoms with van der Waals surface area (Å²) in [5.41, 5.74) is 1.98. The standard InChI is InChI=1S/C16H20N2O4/c1-5-21-16(20)13-9(2)14(17-11(13)4)15(19)18-10(3)12-7-6-8-22-12/h6-8,10,17H,5H2,1-4H3,(H,18,19). The Kier molecular flexibility index (Phi) is 4.70. The first-order valence-corrected chi connectivity index (χ1v) is 7.16. The third-order valence-corrected chi connectivity index (χ3v) is 3.46. The predicted molar refractivity (Wildman–Crippen MR) is 80.8 cm³/mol. The predicted octanol–water partition coefficient (Wildman–Crippen LogP) is 2.89. The first-order valence-electron chi connectivity index (χ1n) is 7.16. The lowest BCUT2D eigenvalue weighted by atomic mass is 10.1. The third-order valence-electron chi connectivity index (χ3n) is 3.46. The summed E-state index contributed by atoms with van der Waals surface area (Å²) in [7, 11) is 0. The minimum atomic E-state index is -0.424. The van der Waals surface area contributed by atoms with Crippen LogP contribution in [-0.4, -0.2) is 23.5 Å². The highest BCUT2D eigenvalue weighted by molar-refractivity contribution is 6.00. The maximum absolute atomic E-state index is 12.4. The minimum Gasteiger partial charge on any atom is -0.467 e. The van der Waals surface area contributed by atoms with E-state index < -0.39 is 5.97 Å². The lowest BCUT2D eigenvalue weighted by Gasteiger charge is -2.11. The molecule has 1 atom stereocenters. The molecule has 0 aromatic carbocycles. The van der Waals surface area contributed by atoms with Crippen LogP contribution < -0.4 is 5.32 Å². The molecule has 0 aliphatic rings. The first kappa shape index (κ1) is 15.9. The van der Waals surface area contributed by atoms with E-state index in [0.717, 1.165) is 0 Å². The average Bonchev–Trinajstić information content (AvgIpc) is 3.07. The zero-order valence-corrected chi connectivity index (χ0v) is 13.1.